The Labute approximate surface area is 132 Å². The van der Waals surface area contributed by atoms with E-state index in [-0.39, 0.29) is 51.4 Å². The fraction of sp³-hybridized carbons (Fsp3) is 0. The van der Waals surface area contributed by atoms with E-state index in [1.54, 1.807) is 48.5 Å². The Morgan fingerprint density at radius 3 is 0.933 bits per heavy atom. The number of para-hydroxylation sites is 2. The molecule has 0 aliphatic carbocycles. The van der Waals surface area contributed by atoms with Crippen LogP contribution in [0.25, 0.3) is 0 Å². The first kappa shape index (κ1) is 14.7. The molecule has 0 bridgehead atoms. The molecule has 3 heteroatoms. The van der Waals surface area contributed by atoms with Gasteiger partial charge in [-0.1, -0.05) is 36.4 Å². The molecule has 0 atom stereocenters. The molecule has 0 radical (unpaired) electrons. The molecule has 0 aliphatic heterocycles. The van der Waals surface area contributed by atoms with E-state index in [1.165, 1.54) is 0 Å². The molecule has 0 heterocycles. The minimum atomic E-state index is 0. The maximum Gasteiger partial charge on any atom is 1.00 e. The van der Waals surface area contributed by atoms with Crippen molar-refractivity contribution in [1.29, 1.82) is 0 Å². The average Bonchev–Trinajstić information content (AvgIpc) is 2.21. The maximum atomic E-state index is 8.63. The number of benzene rings is 2. The summed E-state index contributed by atoms with van der Waals surface area (Å²) >= 11 is 0. The van der Waals surface area contributed by atoms with Crippen LogP contribution >= 0.6 is 0 Å². The number of rotatable bonds is 0. The van der Waals surface area contributed by atoms with Gasteiger partial charge in [-0.15, -0.1) is 0 Å². The van der Waals surface area contributed by atoms with Crippen molar-refractivity contribution in [2.45, 2.75) is 0 Å². The zero-order valence-corrected chi connectivity index (χ0v) is 11.8. The van der Waals surface area contributed by atoms with Gasteiger partial charge in [-0.2, -0.15) is 0 Å². The van der Waals surface area contributed by atoms with Crippen molar-refractivity contribution in [3.8, 4) is 11.5 Å². The normalized spacial score (nSPS) is 8.00. The minimum Gasteiger partial charge on any atom is -0.508 e. The summed E-state index contributed by atoms with van der Waals surface area (Å²) in [5.74, 6) is 0.644. The smallest absolute Gasteiger partial charge is 0.508 e. The second-order valence-corrected chi connectivity index (χ2v) is 2.67. The van der Waals surface area contributed by atoms with E-state index in [0.717, 1.165) is 0 Å². The Bertz CT molecular complexity index is 311. The number of hydrogen-bond acceptors (Lipinski definition) is 2. The molecule has 0 saturated heterocycles. The fourth-order valence-electron chi connectivity index (χ4n) is 0.856. The van der Waals surface area contributed by atoms with Crippen molar-refractivity contribution in [3.63, 3.8) is 0 Å². The van der Waals surface area contributed by atoms with Crippen LogP contribution in [0.3, 0.4) is 0 Å². The zero-order chi connectivity index (χ0) is 10.2. The Morgan fingerprint density at radius 2 is 0.800 bits per heavy atom. The average molecular weight is 227 g/mol. The van der Waals surface area contributed by atoms with Crippen LogP contribution in [0.4, 0.5) is 0 Å². The summed E-state index contributed by atoms with van der Waals surface area (Å²) in [6.45, 7) is 0. The number of aromatic hydroxyl groups is 2. The van der Waals surface area contributed by atoms with Crippen molar-refractivity contribution < 1.29 is 61.6 Å². The van der Waals surface area contributed by atoms with Crippen LogP contribution in [0, 0.1) is 0 Å². The molecule has 0 spiro atoms. The van der Waals surface area contributed by atoms with E-state index in [4.69, 9.17) is 10.2 Å². The Balaban J connectivity index is 0.000000245. The molecule has 2 aromatic carbocycles. The molecule has 2 aromatic rings. The van der Waals surface area contributed by atoms with Gasteiger partial charge < -0.3 is 10.2 Å². The third-order valence-electron chi connectivity index (χ3n) is 1.51. The van der Waals surface area contributed by atoms with Gasteiger partial charge in [0.05, 0.1) is 0 Å². The summed E-state index contributed by atoms with van der Waals surface area (Å²) in [6.07, 6.45) is 0. The fourth-order valence-corrected chi connectivity index (χ4v) is 0.856. The second kappa shape index (κ2) is 8.94. The van der Waals surface area contributed by atoms with Crippen molar-refractivity contribution in [1.82, 2.24) is 0 Å². The molecule has 2 rings (SSSR count). The van der Waals surface area contributed by atoms with Crippen molar-refractivity contribution in [2.75, 3.05) is 0 Å². The molecule has 72 valence electrons. The van der Waals surface area contributed by atoms with Gasteiger partial charge in [-0.05, 0) is 24.3 Å². The predicted octanol–water partition coefficient (Wildman–Crippen LogP) is -0.212. The minimum absolute atomic E-state index is 0. The molecule has 0 aromatic heterocycles. The first-order valence-corrected chi connectivity index (χ1v) is 4.27. The van der Waals surface area contributed by atoms with E-state index in [2.05, 4.69) is 0 Å². The summed E-state index contributed by atoms with van der Waals surface area (Å²) in [5.41, 5.74) is 0. The van der Waals surface area contributed by atoms with Crippen LogP contribution in [0.1, 0.15) is 0 Å². The summed E-state index contributed by atoms with van der Waals surface area (Å²) in [4.78, 5) is 0. The van der Waals surface area contributed by atoms with E-state index < -0.39 is 0 Å². The summed E-state index contributed by atoms with van der Waals surface area (Å²) in [5, 5.41) is 17.3. The number of hydrogen-bond donors (Lipinski definition) is 2. The molecule has 0 saturated carbocycles. The Kier molecular flexibility index (Phi) is 8.75. The second-order valence-electron chi connectivity index (χ2n) is 2.67. The standard InChI is InChI=1S/2C6H6O.K/c2*7-6-4-2-1-3-5-6;/h2*1-5,7H;/q;;+1. The van der Waals surface area contributed by atoms with Gasteiger partial charge >= 0.3 is 51.4 Å². The molecular weight excluding hydrogens is 215 g/mol. The quantitative estimate of drug-likeness (QED) is 0.611. The Hall–Kier alpha value is -0.324. The van der Waals surface area contributed by atoms with Crippen LogP contribution in [0.15, 0.2) is 60.7 Å². The van der Waals surface area contributed by atoms with Gasteiger partial charge in [0, 0.05) is 0 Å². The monoisotopic (exact) mass is 227 g/mol. The number of phenolic OH excluding ortho intramolecular Hbond substituents is 2. The molecule has 0 unspecified atom stereocenters. The Morgan fingerprint density at radius 1 is 0.533 bits per heavy atom. The first-order valence-electron chi connectivity index (χ1n) is 4.27. The van der Waals surface area contributed by atoms with Crippen LogP contribution in [-0.4, -0.2) is 10.2 Å². The molecule has 2 nitrogen and oxygen atoms in total. The van der Waals surface area contributed by atoms with Crippen molar-refractivity contribution in [2.24, 2.45) is 0 Å². The van der Waals surface area contributed by atoms with E-state index in [9.17, 15) is 0 Å². The van der Waals surface area contributed by atoms with Gasteiger partial charge in [0.2, 0.25) is 0 Å². The third-order valence-corrected chi connectivity index (χ3v) is 1.51. The van der Waals surface area contributed by atoms with Crippen LogP contribution in [0.5, 0.6) is 11.5 Å². The summed E-state index contributed by atoms with van der Waals surface area (Å²) in [6, 6.07) is 17.4. The molecule has 0 amide bonds. The van der Waals surface area contributed by atoms with E-state index in [1.807, 2.05) is 12.1 Å². The van der Waals surface area contributed by atoms with Crippen LogP contribution in [-0.2, 0) is 0 Å². The van der Waals surface area contributed by atoms with Crippen molar-refractivity contribution in [3.05, 3.63) is 60.7 Å². The van der Waals surface area contributed by atoms with Gasteiger partial charge in [0.1, 0.15) is 11.5 Å². The van der Waals surface area contributed by atoms with E-state index >= 15 is 0 Å². The van der Waals surface area contributed by atoms with Crippen LogP contribution in [0.2, 0.25) is 0 Å². The summed E-state index contributed by atoms with van der Waals surface area (Å²) in [7, 11) is 0. The third kappa shape index (κ3) is 7.59. The zero-order valence-electron chi connectivity index (χ0n) is 8.67. The largest absolute Gasteiger partial charge is 1.00 e. The van der Waals surface area contributed by atoms with Crippen LogP contribution < -0.4 is 51.4 Å². The first-order chi connectivity index (χ1) is 6.79. The van der Waals surface area contributed by atoms with Gasteiger partial charge in [0.15, 0.2) is 0 Å². The van der Waals surface area contributed by atoms with Crippen molar-refractivity contribution >= 4 is 0 Å². The molecule has 0 fully saturated rings. The van der Waals surface area contributed by atoms with E-state index in [0.29, 0.717) is 11.5 Å². The van der Waals surface area contributed by atoms with Gasteiger partial charge in [-0.3, -0.25) is 0 Å². The predicted molar refractivity (Wildman–Crippen MR) is 56.2 cm³/mol. The SMILES string of the molecule is Oc1ccccc1.Oc1ccccc1.[K+]. The molecule has 15 heavy (non-hydrogen) atoms. The van der Waals surface area contributed by atoms with Gasteiger partial charge in [0.25, 0.3) is 0 Å². The molecule has 2 N–H and O–H groups in total. The van der Waals surface area contributed by atoms with Gasteiger partial charge in [-0.25, -0.2) is 0 Å². The molecule has 0 aliphatic rings. The topological polar surface area (TPSA) is 40.5 Å². The summed E-state index contributed by atoms with van der Waals surface area (Å²) < 4.78 is 0. The maximum absolute atomic E-state index is 8.63. The number of phenols is 2. The molecular formula is C12H12KO2+.